The fourth-order valence-electron chi connectivity index (χ4n) is 1.64. The van der Waals surface area contributed by atoms with Gasteiger partial charge in [0.15, 0.2) is 0 Å². The predicted octanol–water partition coefficient (Wildman–Crippen LogP) is 3.44. The molecule has 1 aromatic carbocycles. The SMILES string of the molecule is CCn1ncc(C)c1OCc1ccccc1Cl. The highest BCUT2D eigenvalue weighted by atomic mass is 35.5. The van der Waals surface area contributed by atoms with E-state index in [4.69, 9.17) is 16.3 Å². The Hall–Kier alpha value is -1.48. The fraction of sp³-hybridized carbons (Fsp3) is 0.308. The maximum absolute atomic E-state index is 6.08. The van der Waals surface area contributed by atoms with Crippen LogP contribution in [0, 0.1) is 6.92 Å². The molecule has 0 atom stereocenters. The van der Waals surface area contributed by atoms with E-state index < -0.39 is 0 Å². The van der Waals surface area contributed by atoms with E-state index in [1.165, 1.54) is 0 Å². The lowest BCUT2D eigenvalue weighted by Gasteiger charge is -2.09. The molecule has 0 spiro atoms. The number of hydrogen-bond acceptors (Lipinski definition) is 2. The van der Waals surface area contributed by atoms with E-state index in [2.05, 4.69) is 5.10 Å². The minimum absolute atomic E-state index is 0.464. The van der Waals surface area contributed by atoms with Crippen molar-refractivity contribution < 1.29 is 4.74 Å². The molecule has 3 nitrogen and oxygen atoms in total. The van der Waals surface area contributed by atoms with Crippen LogP contribution in [0.2, 0.25) is 5.02 Å². The van der Waals surface area contributed by atoms with Crippen molar-refractivity contribution in [1.82, 2.24) is 9.78 Å². The second-order valence-electron chi connectivity index (χ2n) is 3.83. The van der Waals surface area contributed by atoms with Crippen LogP contribution in [0.4, 0.5) is 0 Å². The Morgan fingerprint density at radius 1 is 1.35 bits per heavy atom. The Bertz CT molecular complexity index is 508. The summed E-state index contributed by atoms with van der Waals surface area (Å²) in [4.78, 5) is 0. The molecular formula is C13H15ClN2O. The molecule has 2 aromatic rings. The highest BCUT2D eigenvalue weighted by Gasteiger charge is 2.08. The minimum atomic E-state index is 0.464. The number of hydrogen-bond donors (Lipinski definition) is 0. The van der Waals surface area contributed by atoms with Crippen LogP contribution in [0.5, 0.6) is 5.88 Å². The van der Waals surface area contributed by atoms with E-state index >= 15 is 0 Å². The van der Waals surface area contributed by atoms with Gasteiger partial charge in [-0.15, -0.1) is 0 Å². The number of aromatic nitrogens is 2. The molecule has 1 heterocycles. The number of benzene rings is 1. The fourth-order valence-corrected chi connectivity index (χ4v) is 1.83. The molecule has 1 aromatic heterocycles. The molecule has 0 fully saturated rings. The van der Waals surface area contributed by atoms with Gasteiger partial charge in [-0.2, -0.15) is 5.10 Å². The van der Waals surface area contributed by atoms with Crippen LogP contribution in [-0.4, -0.2) is 9.78 Å². The normalized spacial score (nSPS) is 10.5. The van der Waals surface area contributed by atoms with Gasteiger partial charge in [0.25, 0.3) is 0 Å². The molecule has 0 aliphatic heterocycles. The summed E-state index contributed by atoms with van der Waals surface area (Å²) >= 11 is 6.08. The molecule has 4 heteroatoms. The molecule has 0 bridgehead atoms. The summed E-state index contributed by atoms with van der Waals surface area (Å²) in [5.41, 5.74) is 2.02. The zero-order valence-corrected chi connectivity index (χ0v) is 10.7. The standard InChI is InChI=1S/C13H15ClN2O/c1-3-16-13(10(2)8-15-16)17-9-11-6-4-5-7-12(11)14/h4-8H,3,9H2,1-2H3. The molecule has 17 heavy (non-hydrogen) atoms. The van der Waals surface area contributed by atoms with Crippen LogP contribution in [0.3, 0.4) is 0 Å². The Balaban J connectivity index is 2.12. The molecule has 0 radical (unpaired) electrons. The second-order valence-corrected chi connectivity index (χ2v) is 4.24. The van der Waals surface area contributed by atoms with Crippen LogP contribution < -0.4 is 4.74 Å². The van der Waals surface area contributed by atoms with E-state index in [0.717, 1.165) is 28.6 Å². The zero-order chi connectivity index (χ0) is 12.3. The molecule has 0 saturated carbocycles. The summed E-state index contributed by atoms with van der Waals surface area (Å²) in [5.74, 6) is 0.812. The number of ether oxygens (including phenoxy) is 1. The van der Waals surface area contributed by atoms with Crippen LogP contribution in [0.15, 0.2) is 30.5 Å². The minimum Gasteiger partial charge on any atom is -0.473 e. The highest BCUT2D eigenvalue weighted by Crippen LogP contribution is 2.21. The first-order valence-electron chi connectivity index (χ1n) is 5.61. The lowest BCUT2D eigenvalue weighted by Crippen LogP contribution is -2.04. The number of halogens is 1. The first kappa shape index (κ1) is 12.0. The van der Waals surface area contributed by atoms with E-state index in [1.54, 1.807) is 0 Å². The third-order valence-electron chi connectivity index (χ3n) is 2.58. The van der Waals surface area contributed by atoms with E-state index in [-0.39, 0.29) is 0 Å². The van der Waals surface area contributed by atoms with Gasteiger partial charge in [-0.25, -0.2) is 4.68 Å². The molecule has 0 saturated heterocycles. The van der Waals surface area contributed by atoms with Crippen molar-refractivity contribution >= 4 is 11.6 Å². The molecule has 0 unspecified atom stereocenters. The molecule has 0 N–H and O–H groups in total. The van der Waals surface area contributed by atoms with Gasteiger partial charge in [0.1, 0.15) is 6.61 Å². The lowest BCUT2D eigenvalue weighted by molar-refractivity contribution is 0.272. The summed E-state index contributed by atoms with van der Waals surface area (Å²) in [7, 11) is 0. The first-order chi connectivity index (χ1) is 8.22. The average Bonchev–Trinajstić information content (AvgIpc) is 2.69. The van der Waals surface area contributed by atoms with Gasteiger partial charge in [0.2, 0.25) is 5.88 Å². The van der Waals surface area contributed by atoms with Crippen molar-refractivity contribution in [1.29, 1.82) is 0 Å². The molecule has 0 aliphatic carbocycles. The van der Waals surface area contributed by atoms with Crippen LogP contribution in [-0.2, 0) is 13.2 Å². The average molecular weight is 251 g/mol. The summed E-state index contributed by atoms with van der Waals surface area (Å²) in [6, 6.07) is 7.69. The van der Waals surface area contributed by atoms with Gasteiger partial charge in [-0.05, 0) is 19.9 Å². The van der Waals surface area contributed by atoms with Crippen LogP contribution in [0.1, 0.15) is 18.1 Å². The molecule has 0 amide bonds. The summed E-state index contributed by atoms with van der Waals surface area (Å²) in [6.45, 7) is 5.29. The maximum atomic E-state index is 6.08. The monoisotopic (exact) mass is 250 g/mol. The van der Waals surface area contributed by atoms with Crippen molar-refractivity contribution in [3.63, 3.8) is 0 Å². The van der Waals surface area contributed by atoms with Gasteiger partial charge in [-0.1, -0.05) is 29.8 Å². The topological polar surface area (TPSA) is 27.1 Å². The van der Waals surface area contributed by atoms with Gasteiger partial charge in [-0.3, -0.25) is 0 Å². The van der Waals surface area contributed by atoms with E-state index in [0.29, 0.717) is 6.61 Å². The summed E-state index contributed by atoms with van der Waals surface area (Å²) in [6.07, 6.45) is 1.81. The summed E-state index contributed by atoms with van der Waals surface area (Å²) in [5, 5.41) is 4.96. The van der Waals surface area contributed by atoms with Crippen molar-refractivity contribution in [3.05, 3.63) is 46.6 Å². The quantitative estimate of drug-likeness (QED) is 0.831. The van der Waals surface area contributed by atoms with Crippen molar-refractivity contribution in [2.24, 2.45) is 0 Å². The predicted molar refractivity (Wildman–Crippen MR) is 68.4 cm³/mol. The second kappa shape index (κ2) is 5.23. The third-order valence-corrected chi connectivity index (χ3v) is 2.95. The Morgan fingerprint density at radius 3 is 2.82 bits per heavy atom. The third kappa shape index (κ3) is 2.61. The molecule has 90 valence electrons. The largest absolute Gasteiger partial charge is 0.473 e. The lowest BCUT2D eigenvalue weighted by atomic mass is 10.2. The number of rotatable bonds is 4. The van der Waals surface area contributed by atoms with Gasteiger partial charge in [0, 0.05) is 22.7 Å². The van der Waals surface area contributed by atoms with E-state index in [1.807, 2.05) is 49.0 Å². The zero-order valence-electron chi connectivity index (χ0n) is 9.98. The van der Waals surface area contributed by atoms with Crippen LogP contribution in [0.25, 0.3) is 0 Å². The molecule has 0 aliphatic rings. The maximum Gasteiger partial charge on any atom is 0.215 e. The van der Waals surface area contributed by atoms with Crippen molar-refractivity contribution in [3.8, 4) is 5.88 Å². The molecule has 2 rings (SSSR count). The van der Waals surface area contributed by atoms with Gasteiger partial charge < -0.3 is 4.74 Å². The van der Waals surface area contributed by atoms with E-state index in [9.17, 15) is 0 Å². The van der Waals surface area contributed by atoms with Gasteiger partial charge >= 0.3 is 0 Å². The Labute approximate surface area is 106 Å². The Morgan fingerprint density at radius 2 is 2.12 bits per heavy atom. The Kier molecular flexibility index (Phi) is 3.69. The van der Waals surface area contributed by atoms with Crippen molar-refractivity contribution in [2.75, 3.05) is 0 Å². The number of aryl methyl sites for hydroxylation is 2. The molecular weight excluding hydrogens is 236 g/mol. The summed E-state index contributed by atoms with van der Waals surface area (Å²) < 4.78 is 7.62. The van der Waals surface area contributed by atoms with Crippen molar-refractivity contribution in [2.45, 2.75) is 27.0 Å². The van der Waals surface area contributed by atoms with Gasteiger partial charge in [0.05, 0.1) is 6.20 Å². The number of nitrogens with zero attached hydrogens (tertiary/aromatic N) is 2. The first-order valence-corrected chi connectivity index (χ1v) is 5.98. The van der Waals surface area contributed by atoms with Crippen LogP contribution >= 0.6 is 11.6 Å². The highest BCUT2D eigenvalue weighted by molar-refractivity contribution is 6.31. The smallest absolute Gasteiger partial charge is 0.215 e.